The molecule has 0 atom stereocenters. The molecule has 0 saturated heterocycles. The zero-order valence-electron chi connectivity index (χ0n) is 11.4. The molecule has 0 aromatic heterocycles. The van der Waals surface area contributed by atoms with Gasteiger partial charge in [0.1, 0.15) is 5.75 Å². The Kier molecular flexibility index (Phi) is 6.92. The van der Waals surface area contributed by atoms with Crippen LogP contribution in [0.25, 0.3) is 0 Å². The van der Waals surface area contributed by atoms with E-state index in [4.69, 9.17) is 14.6 Å². The summed E-state index contributed by atoms with van der Waals surface area (Å²) in [5.41, 5.74) is 0.556. The molecule has 0 heterocycles. The van der Waals surface area contributed by atoms with Gasteiger partial charge >= 0.3 is 0 Å². The maximum atomic E-state index is 11.8. The normalized spacial score (nSPS) is 10.5. The summed E-state index contributed by atoms with van der Waals surface area (Å²) in [6.45, 7) is 4.94. The van der Waals surface area contributed by atoms with Crippen LogP contribution >= 0.6 is 0 Å². The Hall–Kier alpha value is -1.59. The van der Waals surface area contributed by atoms with Crippen molar-refractivity contribution >= 4 is 5.91 Å². The number of rotatable bonds is 8. The van der Waals surface area contributed by atoms with Crippen LogP contribution < -0.4 is 10.1 Å². The molecule has 0 aliphatic carbocycles. The summed E-state index contributed by atoms with van der Waals surface area (Å²) >= 11 is 0. The highest BCUT2D eigenvalue weighted by Crippen LogP contribution is 2.14. The van der Waals surface area contributed by atoms with Gasteiger partial charge in [0.25, 0.3) is 5.91 Å². The first kappa shape index (κ1) is 15.5. The maximum absolute atomic E-state index is 11.8. The maximum Gasteiger partial charge on any atom is 0.251 e. The number of hydrogen-bond donors (Lipinski definition) is 2. The lowest BCUT2D eigenvalue weighted by molar-refractivity contribution is 0.0837. The number of carbonyl (C=O) groups excluding carboxylic acids is 1. The van der Waals surface area contributed by atoms with Gasteiger partial charge in [0.2, 0.25) is 0 Å². The second kappa shape index (κ2) is 8.50. The SMILES string of the molecule is CC(C)Oc1cccc(C(=O)NCCOCCO)c1. The molecule has 1 aromatic rings. The third-order valence-corrected chi connectivity index (χ3v) is 2.24. The Morgan fingerprint density at radius 1 is 1.37 bits per heavy atom. The van der Waals surface area contributed by atoms with Crippen LogP contribution in [-0.2, 0) is 4.74 Å². The van der Waals surface area contributed by atoms with Crippen molar-refractivity contribution in [1.29, 1.82) is 0 Å². The summed E-state index contributed by atoms with van der Waals surface area (Å²) in [4.78, 5) is 11.8. The van der Waals surface area contributed by atoms with Crippen LogP contribution in [0.2, 0.25) is 0 Å². The van der Waals surface area contributed by atoms with Crippen molar-refractivity contribution in [2.75, 3.05) is 26.4 Å². The van der Waals surface area contributed by atoms with Crippen molar-refractivity contribution in [2.24, 2.45) is 0 Å². The molecule has 0 aliphatic rings. The van der Waals surface area contributed by atoms with Crippen LogP contribution in [0, 0.1) is 0 Å². The van der Waals surface area contributed by atoms with Crippen LogP contribution in [0.5, 0.6) is 5.75 Å². The predicted octanol–water partition coefficient (Wildman–Crippen LogP) is 1.21. The second-order valence-corrected chi connectivity index (χ2v) is 4.29. The van der Waals surface area contributed by atoms with Gasteiger partial charge in [-0.25, -0.2) is 0 Å². The highest BCUT2D eigenvalue weighted by atomic mass is 16.5. The standard InChI is InChI=1S/C14H21NO4/c1-11(2)19-13-5-3-4-12(10-13)14(17)15-6-8-18-9-7-16/h3-5,10-11,16H,6-9H2,1-2H3,(H,15,17). The van der Waals surface area contributed by atoms with Gasteiger partial charge in [0, 0.05) is 12.1 Å². The van der Waals surface area contributed by atoms with Crippen molar-refractivity contribution < 1.29 is 19.4 Å². The number of benzene rings is 1. The van der Waals surface area contributed by atoms with Gasteiger partial charge in [-0.05, 0) is 32.0 Å². The molecule has 0 unspecified atom stereocenters. The molecule has 5 heteroatoms. The van der Waals surface area contributed by atoms with Gasteiger partial charge < -0.3 is 19.9 Å². The molecule has 2 N–H and O–H groups in total. The van der Waals surface area contributed by atoms with E-state index in [0.29, 0.717) is 24.5 Å². The van der Waals surface area contributed by atoms with E-state index >= 15 is 0 Å². The highest BCUT2D eigenvalue weighted by molar-refractivity contribution is 5.94. The lowest BCUT2D eigenvalue weighted by Crippen LogP contribution is -2.27. The summed E-state index contributed by atoms with van der Waals surface area (Å²) in [7, 11) is 0. The first-order chi connectivity index (χ1) is 9.13. The van der Waals surface area contributed by atoms with Crippen LogP contribution in [-0.4, -0.2) is 43.5 Å². The van der Waals surface area contributed by atoms with Crippen LogP contribution in [0.1, 0.15) is 24.2 Å². The van der Waals surface area contributed by atoms with Crippen molar-refractivity contribution in [3.63, 3.8) is 0 Å². The van der Waals surface area contributed by atoms with Crippen LogP contribution in [0.15, 0.2) is 24.3 Å². The molecule has 0 bridgehead atoms. The van der Waals surface area contributed by atoms with E-state index in [1.165, 1.54) is 0 Å². The van der Waals surface area contributed by atoms with Crippen molar-refractivity contribution in [2.45, 2.75) is 20.0 Å². The first-order valence-electron chi connectivity index (χ1n) is 6.37. The Bertz CT molecular complexity index is 393. The van der Waals surface area contributed by atoms with Gasteiger partial charge in [-0.15, -0.1) is 0 Å². The molecule has 1 aromatic carbocycles. The molecule has 19 heavy (non-hydrogen) atoms. The van der Waals surface area contributed by atoms with Gasteiger partial charge in [0.15, 0.2) is 0 Å². The van der Waals surface area contributed by atoms with Crippen molar-refractivity contribution in [3.05, 3.63) is 29.8 Å². The van der Waals surface area contributed by atoms with Crippen LogP contribution in [0.3, 0.4) is 0 Å². The average Bonchev–Trinajstić information content (AvgIpc) is 2.38. The lowest BCUT2D eigenvalue weighted by atomic mass is 10.2. The summed E-state index contributed by atoms with van der Waals surface area (Å²) in [5.74, 6) is 0.515. The third-order valence-electron chi connectivity index (χ3n) is 2.24. The summed E-state index contributed by atoms with van der Waals surface area (Å²) in [6, 6.07) is 7.05. The summed E-state index contributed by atoms with van der Waals surface area (Å²) < 4.78 is 10.6. The molecule has 0 fully saturated rings. The summed E-state index contributed by atoms with van der Waals surface area (Å²) in [6.07, 6.45) is 0.0743. The molecular weight excluding hydrogens is 246 g/mol. The Labute approximate surface area is 113 Å². The fraction of sp³-hybridized carbons (Fsp3) is 0.500. The monoisotopic (exact) mass is 267 g/mol. The van der Waals surface area contributed by atoms with E-state index in [2.05, 4.69) is 5.32 Å². The van der Waals surface area contributed by atoms with Crippen LogP contribution in [0.4, 0.5) is 0 Å². The van der Waals surface area contributed by atoms with E-state index in [1.807, 2.05) is 19.9 Å². The third kappa shape index (κ3) is 6.22. The van der Waals surface area contributed by atoms with Crippen molar-refractivity contribution in [1.82, 2.24) is 5.32 Å². The largest absolute Gasteiger partial charge is 0.491 e. The minimum atomic E-state index is -0.165. The minimum absolute atomic E-state index is 0.0114. The van der Waals surface area contributed by atoms with E-state index < -0.39 is 0 Å². The van der Waals surface area contributed by atoms with Gasteiger partial charge in [-0.1, -0.05) is 6.07 Å². The first-order valence-corrected chi connectivity index (χ1v) is 6.37. The molecule has 0 aliphatic heterocycles. The molecular formula is C14H21NO4. The molecule has 1 rings (SSSR count). The smallest absolute Gasteiger partial charge is 0.251 e. The number of aliphatic hydroxyl groups excluding tert-OH is 1. The molecule has 106 valence electrons. The number of hydrogen-bond acceptors (Lipinski definition) is 4. The topological polar surface area (TPSA) is 67.8 Å². The molecule has 0 saturated carbocycles. The highest BCUT2D eigenvalue weighted by Gasteiger charge is 2.06. The van der Waals surface area contributed by atoms with Crippen molar-refractivity contribution in [3.8, 4) is 5.75 Å². The lowest BCUT2D eigenvalue weighted by Gasteiger charge is -2.11. The molecule has 0 spiro atoms. The fourth-order valence-corrected chi connectivity index (χ4v) is 1.49. The van der Waals surface area contributed by atoms with Gasteiger partial charge in [0.05, 0.1) is 25.9 Å². The number of amides is 1. The zero-order chi connectivity index (χ0) is 14.1. The quantitative estimate of drug-likeness (QED) is 0.695. The Balaban J connectivity index is 2.43. The Morgan fingerprint density at radius 3 is 2.84 bits per heavy atom. The molecule has 5 nitrogen and oxygen atoms in total. The van der Waals surface area contributed by atoms with E-state index in [0.717, 1.165) is 0 Å². The number of carbonyl (C=O) groups is 1. The number of nitrogens with one attached hydrogen (secondary N) is 1. The minimum Gasteiger partial charge on any atom is -0.491 e. The number of aliphatic hydroxyl groups is 1. The van der Waals surface area contributed by atoms with Gasteiger partial charge in [-0.3, -0.25) is 4.79 Å². The van der Waals surface area contributed by atoms with Gasteiger partial charge in [-0.2, -0.15) is 0 Å². The average molecular weight is 267 g/mol. The van der Waals surface area contributed by atoms with E-state index in [1.54, 1.807) is 18.2 Å². The molecule has 0 radical (unpaired) electrons. The van der Waals surface area contributed by atoms with E-state index in [-0.39, 0.29) is 25.2 Å². The second-order valence-electron chi connectivity index (χ2n) is 4.29. The predicted molar refractivity (Wildman–Crippen MR) is 72.4 cm³/mol. The number of ether oxygens (including phenoxy) is 2. The van der Waals surface area contributed by atoms with E-state index in [9.17, 15) is 4.79 Å². The molecule has 1 amide bonds. The fourth-order valence-electron chi connectivity index (χ4n) is 1.49. The summed E-state index contributed by atoms with van der Waals surface area (Å²) in [5, 5.41) is 11.3. The zero-order valence-corrected chi connectivity index (χ0v) is 11.4. The Morgan fingerprint density at radius 2 is 2.16 bits per heavy atom.